The van der Waals surface area contributed by atoms with Crippen molar-refractivity contribution in [1.29, 1.82) is 0 Å². The van der Waals surface area contributed by atoms with Crippen molar-refractivity contribution < 1.29 is 13.5 Å². The summed E-state index contributed by atoms with van der Waals surface area (Å²) in [5.74, 6) is 1.18. The molecule has 2 aromatic rings. The molecule has 0 radical (unpaired) electrons. The van der Waals surface area contributed by atoms with Gasteiger partial charge in [0, 0.05) is 24.2 Å². The predicted molar refractivity (Wildman–Crippen MR) is 77.5 cm³/mol. The Morgan fingerprint density at radius 1 is 1.24 bits per heavy atom. The highest BCUT2D eigenvalue weighted by molar-refractivity contribution is 7.99. The molecule has 0 N–H and O–H groups in total. The maximum Gasteiger partial charge on any atom is 0.266 e. The number of halogens is 2. The highest BCUT2D eigenvalue weighted by atomic mass is 32.2. The summed E-state index contributed by atoms with van der Waals surface area (Å²) in [7, 11) is 1.58. The van der Waals surface area contributed by atoms with Gasteiger partial charge in [-0.15, -0.1) is 0 Å². The average Bonchev–Trinajstić information content (AvgIpc) is 2.52. The number of aromatic nitrogens is 3. The molecule has 0 unspecified atom stereocenters. The lowest BCUT2D eigenvalue weighted by Gasteiger charge is -2.04. The van der Waals surface area contributed by atoms with Crippen molar-refractivity contribution in [2.45, 2.75) is 11.6 Å². The van der Waals surface area contributed by atoms with E-state index in [1.165, 1.54) is 11.8 Å². The summed E-state index contributed by atoms with van der Waals surface area (Å²) >= 11 is 1.32. The SMILES string of the molecule is COc1ccnc(-c2ccnc(SCCC=C(F)F)n2)c1. The zero-order chi connectivity index (χ0) is 15.1. The molecule has 0 saturated carbocycles. The van der Waals surface area contributed by atoms with Gasteiger partial charge in [-0.2, -0.15) is 8.78 Å². The maximum absolute atomic E-state index is 11.9. The van der Waals surface area contributed by atoms with Gasteiger partial charge >= 0.3 is 0 Å². The van der Waals surface area contributed by atoms with Crippen LogP contribution < -0.4 is 4.74 Å². The van der Waals surface area contributed by atoms with Crippen molar-refractivity contribution in [3.05, 3.63) is 42.7 Å². The second-order valence-electron chi connectivity index (χ2n) is 3.94. The predicted octanol–water partition coefficient (Wildman–Crippen LogP) is 3.81. The molecule has 0 aliphatic heterocycles. The van der Waals surface area contributed by atoms with Crippen LogP contribution in [0.4, 0.5) is 8.78 Å². The van der Waals surface area contributed by atoms with E-state index in [1.54, 1.807) is 37.7 Å². The Hall–Kier alpha value is -2.02. The van der Waals surface area contributed by atoms with E-state index in [0.717, 1.165) is 6.08 Å². The first-order valence-corrected chi connectivity index (χ1v) is 7.15. The molecule has 110 valence electrons. The monoisotopic (exact) mass is 309 g/mol. The lowest BCUT2D eigenvalue weighted by Crippen LogP contribution is -1.93. The summed E-state index contributed by atoms with van der Waals surface area (Å²) in [5.41, 5.74) is 1.34. The number of rotatable bonds is 6. The number of pyridine rings is 1. The summed E-state index contributed by atoms with van der Waals surface area (Å²) < 4.78 is 29.0. The van der Waals surface area contributed by atoms with E-state index in [0.29, 0.717) is 28.0 Å². The van der Waals surface area contributed by atoms with Crippen LogP contribution >= 0.6 is 11.8 Å². The molecule has 0 aromatic carbocycles. The summed E-state index contributed by atoms with van der Waals surface area (Å²) in [6, 6.07) is 5.27. The van der Waals surface area contributed by atoms with Crippen molar-refractivity contribution in [2.75, 3.05) is 12.9 Å². The zero-order valence-corrected chi connectivity index (χ0v) is 12.1. The fourth-order valence-electron chi connectivity index (χ4n) is 1.55. The molecule has 0 atom stereocenters. The number of thioether (sulfide) groups is 1. The van der Waals surface area contributed by atoms with Crippen LogP contribution in [0.3, 0.4) is 0 Å². The first kappa shape index (κ1) is 15.4. The number of hydrogen-bond acceptors (Lipinski definition) is 5. The van der Waals surface area contributed by atoms with E-state index in [4.69, 9.17) is 4.74 Å². The second-order valence-corrected chi connectivity index (χ2v) is 5.00. The molecule has 0 aliphatic carbocycles. The van der Waals surface area contributed by atoms with Crippen molar-refractivity contribution in [2.24, 2.45) is 0 Å². The number of ether oxygens (including phenoxy) is 1. The van der Waals surface area contributed by atoms with E-state index >= 15 is 0 Å². The van der Waals surface area contributed by atoms with E-state index in [-0.39, 0.29) is 6.42 Å². The third-order valence-corrected chi connectivity index (χ3v) is 3.41. The summed E-state index contributed by atoms with van der Waals surface area (Å²) in [6.07, 6.45) is 2.76. The Labute approximate surface area is 125 Å². The third kappa shape index (κ3) is 4.78. The van der Waals surface area contributed by atoms with E-state index in [9.17, 15) is 8.78 Å². The fourth-order valence-corrected chi connectivity index (χ4v) is 2.27. The molecule has 0 bridgehead atoms. The molecule has 0 spiro atoms. The molecule has 0 saturated heterocycles. The molecule has 7 heteroatoms. The number of nitrogens with zero attached hydrogens (tertiary/aromatic N) is 3. The van der Waals surface area contributed by atoms with E-state index in [2.05, 4.69) is 15.0 Å². The zero-order valence-electron chi connectivity index (χ0n) is 11.3. The standard InChI is InChI=1S/C14H13F2N3OS/c1-20-10-4-6-17-12(9-10)11-5-7-18-14(19-11)21-8-2-3-13(15)16/h3-7,9H,2,8H2,1H3. The average molecular weight is 309 g/mol. The molecule has 4 nitrogen and oxygen atoms in total. The van der Waals surface area contributed by atoms with Crippen molar-refractivity contribution in [3.63, 3.8) is 0 Å². The molecule has 0 fully saturated rings. The molecular weight excluding hydrogens is 296 g/mol. The molecule has 2 heterocycles. The second kappa shape index (κ2) is 7.68. The van der Waals surface area contributed by atoms with E-state index < -0.39 is 6.08 Å². The number of methoxy groups -OCH3 is 1. The van der Waals surface area contributed by atoms with Crippen LogP contribution in [0, 0.1) is 0 Å². The quantitative estimate of drug-likeness (QED) is 0.461. The Bertz CT molecular complexity index is 633. The maximum atomic E-state index is 11.9. The smallest absolute Gasteiger partial charge is 0.266 e. The normalized spacial score (nSPS) is 10.2. The first-order valence-electron chi connectivity index (χ1n) is 6.16. The number of allylic oxidation sites excluding steroid dienone is 1. The van der Waals surface area contributed by atoms with Gasteiger partial charge in [0.2, 0.25) is 0 Å². The number of hydrogen-bond donors (Lipinski definition) is 0. The van der Waals surface area contributed by atoms with Gasteiger partial charge in [-0.3, -0.25) is 4.98 Å². The van der Waals surface area contributed by atoms with Crippen LogP contribution in [0.15, 0.2) is 47.9 Å². The van der Waals surface area contributed by atoms with Crippen LogP contribution in [0.1, 0.15) is 6.42 Å². The van der Waals surface area contributed by atoms with Crippen molar-refractivity contribution in [3.8, 4) is 17.1 Å². The Morgan fingerprint density at radius 2 is 2.05 bits per heavy atom. The highest BCUT2D eigenvalue weighted by Crippen LogP contribution is 2.22. The largest absolute Gasteiger partial charge is 0.497 e. The third-order valence-electron chi connectivity index (χ3n) is 2.51. The summed E-state index contributed by atoms with van der Waals surface area (Å²) in [5, 5.41) is 0.532. The van der Waals surface area contributed by atoms with Crippen LogP contribution in [-0.4, -0.2) is 27.8 Å². The summed E-state index contributed by atoms with van der Waals surface area (Å²) in [6.45, 7) is 0. The minimum atomic E-state index is -1.66. The molecule has 2 rings (SSSR count). The van der Waals surface area contributed by atoms with Gasteiger partial charge in [0.15, 0.2) is 5.16 Å². The van der Waals surface area contributed by atoms with Gasteiger partial charge in [-0.25, -0.2) is 9.97 Å². The van der Waals surface area contributed by atoms with Crippen LogP contribution in [-0.2, 0) is 0 Å². The van der Waals surface area contributed by atoms with Crippen LogP contribution in [0.25, 0.3) is 11.4 Å². The van der Waals surface area contributed by atoms with Crippen molar-refractivity contribution >= 4 is 11.8 Å². The Balaban J connectivity index is 2.08. The van der Waals surface area contributed by atoms with Gasteiger partial charge in [0.1, 0.15) is 5.75 Å². The topological polar surface area (TPSA) is 47.9 Å². The lowest BCUT2D eigenvalue weighted by atomic mass is 10.2. The van der Waals surface area contributed by atoms with Crippen LogP contribution in [0.2, 0.25) is 0 Å². The van der Waals surface area contributed by atoms with Crippen LogP contribution in [0.5, 0.6) is 5.75 Å². The molecular formula is C14H13F2N3OS. The molecule has 0 amide bonds. The van der Waals surface area contributed by atoms with Gasteiger partial charge in [-0.1, -0.05) is 11.8 Å². The van der Waals surface area contributed by atoms with Gasteiger partial charge < -0.3 is 4.74 Å². The first-order chi connectivity index (χ1) is 10.2. The minimum absolute atomic E-state index is 0.276. The molecule has 0 aliphatic rings. The Morgan fingerprint density at radius 3 is 2.81 bits per heavy atom. The fraction of sp³-hybridized carbons (Fsp3) is 0.214. The van der Waals surface area contributed by atoms with Crippen molar-refractivity contribution in [1.82, 2.24) is 15.0 Å². The van der Waals surface area contributed by atoms with Gasteiger partial charge in [-0.05, 0) is 24.6 Å². The summed E-state index contributed by atoms with van der Waals surface area (Å²) in [4.78, 5) is 12.7. The highest BCUT2D eigenvalue weighted by Gasteiger charge is 2.05. The van der Waals surface area contributed by atoms with Gasteiger partial charge in [0.25, 0.3) is 6.08 Å². The lowest BCUT2D eigenvalue weighted by molar-refractivity contribution is 0.414. The molecule has 21 heavy (non-hydrogen) atoms. The van der Waals surface area contributed by atoms with E-state index in [1.807, 2.05) is 0 Å². The molecule has 2 aromatic heterocycles. The van der Waals surface area contributed by atoms with Gasteiger partial charge in [0.05, 0.1) is 18.5 Å². The minimum Gasteiger partial charge on any atom is -0.497 e. The Kier molecular flexibility index (Phi) is 5.62.